The van der Waals surface area contributed by atoms with Gasteiger partial charge in [-0.25, -0.2) is 0 Å². The van der Waals surface area contributed by atoms with Gasteiger partial charge in [-0.3, -0.25) is 0 Å². The number of ether oxygens (including phenoxy) is 2. The SMILES string of the molecule is CCC(C)COCCCCCCOCC1CC1. The third-order valence-corrected chi connectivity index (χ3v) is 3.48. The molecule has 0 bridgehead atoms. The van der Waals surface area contributed by atoms with Crippen LogP contribution in [0, 0.1) is 11.8 Å². The summed E-state index contributed by atoms with van der Waals surface area (Å²) in [6.07, 6.45) is 9.02. The van der Waals surface area contributed by atoms with E-state index in [1.54, 1.807) is 0 Å². The topological polar surface area (TPSA) is 18.5 Å². The van der Waals surface area contributed by atoms with Gasteiger partial charge in [0.25, 0.3) is 0 Å². The second kappa shape index (κ2) is 9.90. The van der Waals surface area contributed by atoms with E-state index in [4.69, 9.17) is 9.47 Å². The van der Waals surface area contributed by atoms with Gasteiger partial charge in [-0.2, -0.15) is 0 Å². The summed E-state index contributed by atoms with van der Waals surface area (Å²) in [5, 5.41) is 0. The van der Waals surface area contributed by atoms with Gasteiger partial charge in [0, 0.05) is 26.4 Å². The van der Waals surface area contributed by atoms with Crippen molar-refractivity contribution in [2.24, 2.45) is 11.8 Å². The van der Waals surface area contributed by atoms with Gasteiger partial charge in [0.1, 0.15) is 0 Å². The fourth-order valence-corrected chi connectivity index (χ4v) is 1.70. The summed E-state index contributed by atoms with van der Waals surface area (Å²) in [7, 11) is 0. The Labute approximate surface area is 107 Å². The molecule has 1 saturated carbocycles. The molecule has 0 spiro atoms. The van der Waals surface area contributed by atoms with Crippen LogP contribution in [-0.2, 0) is 9.47 Å². The van der Waals surface area contributed by atoms with Crippen molar-refractivity contribution in [2.75, 3.05) is 26.4 Å². The van der Waals surface area contributed by atoms with Crippen LogP contribution < -0.4 is 0 Å². The lowest BCUT2D eigenvalue weighted by atomic mass is 10.1. The molecule has 2 heteroatoms. The maximum atomic E-state index is 5.62. The Hall–Kier alpha value is -0.0800. The van der Waals surface area contributed by atoms with Gasteiger partial charge in [-0.05, 0) is 37.5 Å². The minimum Gasteiger partial charge on any atom is -0.381 e. The Morgan fingerprint density at radius 3 is 2.24 bits per heavy atom. The maximum Gasteiger partial charge on any atom is 0.0494 e. The van der Waals surface area contributed by atoms with Gasteiger partial charge in [-0.15, -0.1) is 0 Å². The Morgan fingerprint density at radius 1 is 1.00 bits per heavy atom. The molecule has 0 aliphatic heterocycles. The molecule has 1 atom stereocenters. The molecule has 0 aromatic rings. The molecule has 0 amide bonds. The molecule has 1 aliphatic carbocycles. The normalized spacial score (nSPS) is 17.3. The molecular weight excluding hydrogens is 212 g/mol. The maximum absolute atomic E-state index is 5.62. The van der Waals surface area contributed by atoms with Crippen molar-refractivity contribution >= 4 is 0 Å². The monoisotopic (exact) mass is 242 g/mol. The summed E-state index contributed by atoms with van der Waals surface area (Å²) in [5.74, 6) is 1.62. The number of rotatable bonds is 12. The highest BCUT2D eigenvalue weighted by atomic mass is 16.5. The first-order chi connectivity index (χ1) is 8.33. The van der Waals surface area contributed by atoms with Crippen molar-refractivity contribution < 1.29 is 9.47 Å². The van der Waals surface area contributed by atoms with Crippen molar-refractivity contribution in [3.05, 3.63) is 0 Å². The van der Waals surface area contributed by atoms with Crippen LogP contribution in [0.4, 0.5) is 0 Å². The molecular formula is C15H30O2. The lowest BCUT2D eigenvalue weighted by molar-refractivity contribution is 0.0976. The van der Waals surface area contributed by atoms with Gasteiger partial charge in [0.2, 0.25) is 0 Å². The average molecular weight is 242 g/mol. The molecule has 0 radical (unpaired) electrons. The molecule has 1 aliphatic rings. The van der Waals surface area contributed by atoms with Crippen LogP contribution >= 0.6 is 0 Å². The predicted octanol–water partition coefficient (Wildman–Crippen LogP) is 4.04. The van der Waals surface area contributed by atoms with Crippen LogP contribution in [-0.4, -0.2) is 26.4 Å². The third-order valence-electron chi connectivity index (χ3n) is 3.48. The lowest BCUT2D eigenvalue weighted by Crippen LogP contribution is -2.05. The highest BCUT2D eigenvalue weighted by Crippen LogP contribution is 2.28. The van der Waals surface area contributed by atoms with Crippen LogP contribution in [0.3, 0.4) is 0 Å². The summed E-state index contributed by atoms with van der Waals surface area (Å²) in [6.45, 7) is 8.31. The van der Waals surface area contributed by atoms with Crippen LogP contribution in [0.25, 0.3) is 0 Å². The Kier molecular flexibility index (Phi) is 8.72. The van der Waals surface area contributed by atoms with E-state index in [9.17, 15) is 0 Å². The van der Waals surface area contributed by atoms with Crippen molar-refractivity contribution in [1.82, 2.24) is 0 Å². The summed E-state index contributed by atoms with van der Waals surface area (Å²) in [6, 6.07) is 0. The Morgan fingerprint density at radius 2 is 1.65 bits per heavy atom. The van der Waals surface area contributed by atoms with Crippen molar-refractivity contribution in [2.45, 2.75) is 58.8 Å². The van der Waals surface area contributed by atoms with Crippen LogP contribution in [0.5, 0.6) is 0 Å². The first-order valence-corrected chi connectivity index (χ1v) is 7.48. The van der Waals surface area contributed by atoms with E-state index in [0.717, 1.165) is 32.3 Å². The highest BCUT2D eigenvalue weighted by Gasteiger charge is 2.20. The third kappa shape index (κ3) is 9.61. The first-order valence-electron chi connectivity index (χ1n) is 7.48. The average Bonchev–Trinajstić information content (AvgIpc) is 3.15. The molecule has 0 heterocycles. The minimum atomic E-state index is 0.714. The predicted molar refractivity (Wildman–Crippen MR) is 72.3 cm³/mol. The molecule has 1 unspecified atom stereocenters. The summed E-state index contributed by atoms with van der Waals surface area (Å²) >= 11 is 0. The zero-order valence-corrected chi connectivity index (χ0v) is 11.7. The largest absolute Gasteiger partial charge is 0.381 e. The molecule has 1 fully saturated rings. The number of hydrogen-bond acceptors (Lipinski definition) is 2. The van der Waals surface area contributed by atoms with Crippen LogP contribution in [0.1, 0.15) is 58.8 Å². The van der Waals surface area contributed by atoms with E-state index in [1.165, 1.54) is 44.9 Å². The van der Waals surface area contributed by atoms with E-state index in [2.05, 4.69) is 13.8 Å². The molecule has 17 heavy (non-hydrogen) atoms. The first kappa shape index (κ1) is 15.0. The molecule has 0 saturated heterocycles. The van der Waals surface area contributed by atoms with Crippen molar-refractivity contribution in [3.63, 3.8) is 0 Å². The van der Waals surface area contributed by atoms with Gasteiger partial charge < -0.3 is 9.47 Å². The smallest absolute Gasteiger partial charge is 0.0494 e. The van der Waals surface area contributed by atoms with Gasteiger partial charge in [0.05, 0.1) is 0 Å². The number of hydrogen-bond donors (Lipinski definition) is 0. The Bertz CT molecular complexity index is 166. The van der Waals surface area contributed by atoms with Gasteiger partial charge in [0.15, 0.2) is 0 Å². The fourth-order valence-electron chi connectivity index (χ4n) is 1.70. The van der Waals surface area contributed by atoms with E-state index < -0.39 is 0 Å². The van der Waals surface area contributed by atoms with Gasteiger partial charge in [-0.1, -0.05) is 33.1 Å². The van der Waals surface area contributed by atoms with E-state index in [0.29, 0.717) is 5.92 Å². The molecule has 102 valence electrons. The standard InChI is InChI=1S/C15H30O2/c1-3-14(2)12-16-10-6-4-5-7-11-17-13-15-8-9-15/h14-15H,3-13H2,1-2H3. The lowest BCUT2D eigenvalue weighted by Gasteiger charge is -2.09. The zero-order valence-electron chi connectivity index (χ0n) is 11.7. The summed E-state index contributed by atoms with van der Waals surface area (Å²) < 4.78 is 11.2. The minimum absolute atomic E-state index is 0.714. The second-order valence-electron chi connectivity index (χ2n) is 5.52. The summed E-state index contributed by atoms with van der Waals surface area (Å²) in [5.41, 5.74) is 0. The van der Waals surface area contributed by atoms with Crippen molar-refractivity contribution in [3.8, 4) is 0 Å². The quantitative estimate of drug-likeness (QED) is 0.481. The fraction of sp³-hybridized carbons (Fsp3) is 1.00. The Balaban J connectivity index is 1.66. The molecule has 0 N–H and O–H groups in total. The van der Waals surface area contributed by atoms with Gasteiger partial charge >= 0.3 is 0 Å². The number of unbranched alkanes of at least 4 members (excludes halogenated alkanes) is 3. The molecule has 1 rings (SSSR count). The van der Waals surface area contributed by atoms with E-state index >= 15 is 0 Å². The molecule has 0 aromatic carbocycles. The highest BCUT2D eigenvalue weighted by molar-refractivity contribution is 4.71. The zero-order chi connectivity index (χ0) is 12.3. The van der Waals surface area contributed by atoms with E-state index in [-0.39, 0.29) is 0 Å². The van der Waals surface area contributed by atoms with E-state index in [1.807, 2.05) is 0 Å². The summed E-state index contributed by atoms with van der Waals surface area (Å²) in [4.78, 5) is 0. The molecule has 2 nitrogen and oxygen atoms in total. The van der Waals surface area contributed by atoms with Crippen LogP contribution in [0.2, 0.25) is 0 Å². The second-order valence-corrected chi connectivity index (χ2v) is 5.52. The molecule has 0 aromatic heterocycles. The van der Waals surface area contributed by atoms with Crippen molar-refractivity contribution in [1.29, 1.82) is 0 Å². The van der Waals surface area contributed by atoms with Crippen LogP contribution in [0.15, 0.2) is 0 Å².